The number of nitrogens with two attached hydrogens (primary N) is 1. The molecule has 4 heteroatoms. The summed E-state index contributed by atoms with van der Waals surface area (Å²) in [5.41, 5.74) is 5.76. The lowest BCUT2D eigenvalue weighted by molar-refractivity contribution is -0.129. The van der Waals surface area contributed by atoms with Gasteiger partial charge in [0.15, 0.2) is 0 Å². The van der Waals surface area contributed by atoms with Gasteiger partial charge in [-0.05, 0) is 31.3 Å². The van der Waals surface area contributed by atoms with Crippen LogP contribution in [0.3, 0.4) is 0 Å². The number of carbonyl (C=O) groups is 1. The molecule has 1 aliphatic rings. The molecule has 2 N–H and O–H groups in total. The number of hydrogen-bond acceptors (Lipinski definition) is 3. The first-order chi connectivity index (χ1) is 7.54. The molecule has 1 saturated heterocycles. The smallest absolute Gasteiger partial charge is 0.223 e. The molecule has 0 aromatic heterocycles. The Kier molecular flexibility index (Phi) is 5.22. The zero-order valence-electron chi connectivity index (χ0n) is 10.8. The maximum absolute atomic E-state index is 11.5. The summed E-state index contributed by atoms with van der Waals surface area (Å²) in [6.07, 6.45) is 1.83. The highest BCUT2D eigenvalue weighted by Gasteiger charge is 2.25. The summed E-state index contributed by atoms with van der Waals surface area (Å²) < 4.78 is 0. The predicted molar refractivity (Wildman–Crippen MR) is 66.1 cm³/mol. The molecule has 1 fully saturated rings. The number of piperidine rings is 1. The van der Waals surface area contributed by atoms with E-state index in [2.05, 4.69) is 11.8 Å². The van der Waals surface area contributed by atoms with Crippen LogP contribution in [0.4, 0.5) is 0 Å². The summed E-state index contributed by atoms with van der Waals surface area (Å²) in [6, 6.07) is 0. The van der Waals surface area contributed by atoms with Gasteiger partial charge in [-0.1, -0.05) is 6.92 Å². The second-order valence-electron chi connectivity index (χ2n) is 5.10. The van der Waals surface area contributed by atoms with Gasteiger partial charge in [-0.3, -0.25) is 4.79 Å². The first-order valence-corrected chi connectivity index (χ1v) is 6.17. The minimum Gasteiger partial charge on any atom is -0.349 e. The van der Waals surface area contributed by atoms with E-state index in [4.69, 9.17) is 5.73 Å². The van der Waals surface area contributed by atoms with Crippen molar-refractivity contribution in [1.29, 1.82) is 0 Å². The van der Waals surface area contributed by atoms with Gasteiger partial charge in [0.2, 0.25) is 5.91 Å². The number of carbonyl (C=O) groups excluding carboxylic acids is 1. The van der Waals surface area contributed by atoms with Crippen LogP contribution in [0.2, 0.25) is 0 Å². The normalized spacial score (nSPS) is 26.8. The molecule has 1 aliphatic heterocycles. The molecule has 0 aliphatic carbocycles. The lowest BCUT2D eigenvalue weighted by Crippen LogP contribution is -2.43. The van der Waals surface area contributed by atoms with Crippen LogP contribution in [-0.4, -0.2) is 56.0 Å². The van der Waals surface area contributed by atoms with Gasteiger partial charge in [0.25, 0.3) is 0 Å². The van der Waals surface area contributed by atoms with Crippen molar-refractivity contribution >= 4 is 5.91 Å². The highest BCUT2D eigenvalue weighted by atomic mass is 16.2. The maximum Gasteiger partial charge on any atom is 0.223 e. The molecule has 0 spiro atoms. The third-order valence-electron chi connectivity index (χ3n) is 3.64. The van der Waals surface area contributed by atoms with Crippen LogP contribution in [0.15, 0.2) is 0 Å². The van der Waals surface area contributed by atoms with E-state index in [1.165, 1.54) is 6.42 Å². The van der Waals surface area contributed by atoms with Crippen molar-refractivity contribution in [2.45, 2.75) is 19.8 Å². The van der Waals surface area contributed by atoms with E-state index in [1.807, 2.05) is 14.1 Å². The Balaban J connectivity index is 2.31. The predicted octanol–water partition coefficient (Wildman–Crippen LogP) is 0.381. The quantitative estimate of drug-likeness (QED) is 0.755. The Morgan fingerprint density at radius 2 is 2.19 bits per heavy atom. The van der Waals surface area contributed by atoms with E-state index in [0.717, 1.165) is 32.1 Å². The van der Waals surface area contributed by atoms with Crippen LogP contribution < -0.4 is 5.73 Å². The van der Waals surface area contributed by atoms with Crippen LogP contribution in [0, 0.1) is 11.8 Å². The molecule has 0 saturated carbocycles. The van der Waals surface area contributed by atoms with Crippen molar-refractivity contribution in [2.24, 2.45) is 17.6 Å². The zero-order valence-corrected chi connectivity index (χ0v) is 10.8. The van der Waals surface area contributed by atoms with Crippen molar-refractivity contribution in [1.82, 2.24) is 9.80 Å². The highest BCUT2D eigenvalue weighted by Crippen LogP contribution is 2.22. The number of nitrogens with zero attached hydrogens (tertiary/aromatic N) is 2. The van der Waals surface area contributed by atoms with Crippen molar-refractivity contribution in [3.63, 3.8) is 0 Å². The minimum atomic E-state index is 0.211. The van der Waals surface area contributed by atoms with E-state index < -0.39 is 0 Å². The van der Waals surface area contributed by atoms with Gasteiger partial charge < -0.3 is 15.5 Å². The summed E-state index contributed by atoms with van der Waals surface area (Å²) in [5, 5.41) is 0. The molecule has 1 rings (SSSR count). The lowest BCUT2D eigenvalue weighted by Gasteiger charge is -2.36. The molecule has 1 amide bonds. The van der Waals surface area contributed by atoms with Crippen LogP contribution in [-0.2, 0) is 4.79 Å². The third-order valence-corrected chi connectivity index (χ3v) is 3.64. The fraction of sp³-hybridized carbons (Fsp3) is 0.917. The largest absolute Gasteiger partial charge is 0.349 e. The van der Waals surface area contributed by atoms with Gasteiger partial charge in [-0.2, -0.15) is 0 Å². The molecule has 0 radical (unpaired) electrons. The Bertz CT molecular complexity index is 230. The maximum atomic E-state index is 11.5. The fourth-order valence-electron chi connectivity index (χ4n) is 2.21. The van der Waals surface area contributed by atoms with Crippen molar-refractivity contribution in [3.05, 3.63) is 0 Å². The summed E-state index contributed by atoms with van der Waals surface area (Å²) >= 11 is 0. The van der Waals surface area contributed by atoms with E-state index in [9.17, 15) is 4.79 Å². The molecular weight excluding hydrogens is 202 g/mol. The van der Waals surface area contributed by atoms with Crippen LogP contribution in [0.25, 0.3) is 0 Å². The van der Waals surface area contributed by atoms with Gasteiger partial charge in [0.05, 0.1) is 0 Å². The van der Waals surface area contributed by atoms with Gasteiger partial charge in [0.1, 0.15) is 0 Å². The molecule has 0 aromatic rings. The number of hydrogen-bond donors (Lipinski definition) is 1. The standard InChI is InChI=1S/C12H25N3O/c1-10-4-6-15(9-11(10)8-13)7-5-12(16)14(2)3/h10-11H,4-9,13H2,1-3H3. The Morgan fingerprint density at radius 1 is 1.50 bits per heavy atom. The second-order valence-corrected chi connectivity index (χ2v) is 5.10. The van der Waals surface area contributed by atoms with Gasteiger partial charge in [-0.15, -0.1) is 0 Å². The molecule has 94 valence electrons. The van der Waals surface area contributed by atoms with Crippen molar-refractivity contribution < 1.29 is 4.79 Å². The number of amides is 1. The molecule has 4 nitrogen and oxygen atoms in total. The van der Waals surface area contributed by atoms with Crippen LogP contribution in [0.1, 0.15) is 19.8 Å². The topological polar surface area (TPSA) is 49.6 Å². The van der Waals surface area contributed by atoms with Gasteiger partial charge in [-0.25, -0.2) is 0 Å². The molecule has 0 bridgehead atoms. The Hall–Kier alpha value is -0.610. The summed E-state index contributed by atoms with van der Waals surface area (Å²) in [7, 11) is 3.62. The second kappa shape index (κ2) is 6.21. The Labute approximate surface area is 98.8 Å². The third kappa shape index (κ3) is 3.76. The highest BCUT2D eigenvalue weighted by molar-refractivity contribution is 5.75. The Morgan fingerprint density at radius 3 is 2.75 bits per heavy atom. The molecule has 2 unspecified atom stereocenters. The van der Waals surface area contributed by atoms with Crippen molar-refractivity contribution in [2.75, 3.05) is 40.3 Å². The monoisotopic (exact) mass is 227 g/mol. The van der Waals surface area contributed by atoms with E-state index in [0.29, 0.717) is 12.3 Å². The summed E-state index contributed by atoms with van der Waals surface area (Å²) in [4.78, 5) is 15.5. The number of likely N-dealkylation sites (tertiary alicyclic amines) is 1. The molecule has 2 atom stereocenters. The molecule has 1 heterocycles. The minimum absolute atomic E-state index is 0.211. The SMILES string of the molecule is CC1CCN(CCC(=O)N(C)C)CC1CN. The number of rotatable bonds is 4. The summed E-state index contributed by atoms with van der Waals surface area (Å²) in [5.74, 6) is 1.54. The average molecular weight is 227 g/mol. The first kappa shape index (κ1) is 13.5. The molecular formula is C12H25N3O. The first-order valence-electron chi connectivity index (χ1n) is 6.17. The van der Waals surface area contributed by atoms with Crippen LogP contribution >= 0.6 is 0 Å². The lowest BCUT2D eigenvalue weighted by atomic mass is 9.87. The fourth-order valence-corrected chi connectivity index (χ4v) is 2.21. The van der Waals surface area contributed by atoms with E-state index in [-0.39, 0.29) is 5.91 Å². The van der Waals surface area contributed by atoms with Gasteiger partial charge >= 0.3 is 0 Å². The summed E-state index contributed by atoms with van der Waals surface area (Å²) in [6.45, 7) is 6.08. The van der Waals surface area contributed by atoms with Crippen LogP contribution in [0.5, 0.6) is 0 Å². The average Bonchev–Trinajstić information content (AvgIpc) is 2.27. The van der Waals surface area contributed by atoms with Gasteiger partial charge in [0, 0.05) is 33.6 Å². The van der Waals surface area contributed by atoms with E-state index in [1.54, 1.807) is 4.90 Å². The van der Waals surface area contributed by atoms with Crippen molar-refractivity contribution in [3.8, 4) is 0 Å². The molecule has 0 aromatic carbocycles. The zero-order chi connectivity index (χ0) is 12.1. The molecule has 16 heavy (non-hydrogen) atoms. The van der Waals surface area contributed by atoms with E-state index >= 15 is 0 Å².